The largest absolute Gasteiger partial charge is 0.379 e. The van der Waals surface area contributed by atoms with E-state index in [2.05, 4.69) is 25.7 Å². The zero-order valence-electron chi connectivity index (χ0n) is 16.6. The molecule has 9 heteroatoms. The SMILES string of the molecule is Cc1nnc(CN=C(NCCCN2CCOCC2)NC2CCCC2)n1C.I. The Labute approximate surface area is 179 Å². The molecule has 1 aromatic heterocycles. The second-order valence-corrected chi connectivity index (χ2v) is 7.25. The maximum absolute atomic E-state index is 5.40. The highest BCUT2D eigenvalue weighted by atomic mass is 127. The minimum Gasteiger partial charge on any atom is -0.379 e. The molecular formula is C18H34IN7O. The standard InChI is InChI=1S/C18H33N7O.HI/c1-15-22-23-17(24(15)2)14-20-18(21-16-6-3-4-7-16)19-8-5-9-25-10-12-26-13-11-25;/h16H,3-14H2,1-2H3,(H2,19,20,21);1H. The van der Waals surface area contributed by atoms with Gasteiger partial charge < -0.3 is 19.9 Å². The summed E-state index contributed by atoms with van der Waals surface area (Å²) >= 11 is 0. The van der Waals surface area contributed by atoms with E-state index in [4.69, 9.17) is 9.73 Å². The van der Waals surface area contributed by atoms with Crippen LogP contribution in [0.1, 0.15) is 43.8 Å². The molecule has 0 amide bonds. The lowest BCUT2D eigenvalue weighted by atomic mass is 10.2. The van der Waals surface area contributed by atoms with Gasteiger partial charge >= 0.3 is 0 Å². The predicted molar refractivity (Wildman–Crippen MR) is 118 cm³/mol. The van der Waals surface area contributed by atoms with Crippen molar-refractivity contribution >= 4 is 29.9 Å². The Morgan fingerprint density at radius 1 is 1.22 bits per heavy atom. The number of halogens is 1. The molecule has 0 spiro atoms. The number of aliphatic imine (C=N–C) groups is 1. The summed E-state index contributed by atoms with van der Waals surface area (Å²) in [6, 6.07) is 0.543. The van der Waals surface area contributed by atoms with Crippen molar-refractivity contribution in [2.24, 2.45) is 12.0 Å². The molecule has 2 fully saturated rings. The van der Waals surface area contributed by atoms with Crippen LogP contribution in [0.2, 0.25) is 0 Å². The summed E-state index contributed by atoms with van der Waals surface area (Å²) < 4.78 is 7.40. The summed E-state index contributed by atoms with van der Waals surface area (Å²) in [6.45, 7) is 8.36. The van der Waals surface area contributed by atoms with Gasteiger partial charge in [0, 0.05) is 32.7 Å². The molecule has 1 saturated heterocycles. The Kier molecular flexibility index (Phi) is 9.77. The quantitative estimate of drug-likeness (QED) is 0.260. The monoisotopic (exact) mass is 491 g/mol. The van der Waals surface area contributed by atoms with Crippen molar-refractivity contribution in [3.05, 3.63) is 11.6 Å². The van der Waals surface area contributed by atoms with Gasteiger partial charge in [-0.3, -0.25) is 4.90 Å². The molecule has 2 aliphatic rings. The van der Waals surface area contributed by atoms with Crippen molar-refractivity contribution in [1.29, 1.82) is 0 Å². The number of rotatable bonds is 7. The average molecular weight is 491 g/mol. The van der Waals surface area contributed by atoms with Crippen molar-refractivity contribution < 1.29 is 4.74 Å². The van der Waals surface area contributed by atoms with Crippen LogP contribution < -0.4 is 10.6 Å². The molecule has 0 bridgehead atoms. The van der Waals surface area contributed by atoms with E-state index < -0.39 is 0 Å². The van der Waals surface area contributed by atoms with Gasteiger partial charge in [-0.05, 0) is 32.7 Å². The Bertz CT molecular complexity index is 580. The first kappa shape index (κ1) is 22.4. The summed E-state index contributed by atoms with van der Waals surface area (Å²) in [7, 11) is 1.99. The van der Waals surface area contributed by atoms with Crippen LogP contribution in [-0.2, 0) is 18.3 Å². The number of hydrogen-bond donors (Lipinski definition) is 2. The number of hydrogen-bond acceptors (Lipinski definition) is 5. The van der Waals surface area contributed by atoms with Crippen LogP contribution in [0.5, 0.6) is 0 Å². The molecule has 1 aliphatic heterocycles. The third-order valence-electron chi connectivity index (χ3n) is 5.30. The number of aryl methyl sites for hydroxylation is 1. The van der Waals surface area contributed by atoms with Crippen LogP contribution in [0.25, 0.3) is 0 Å². The Balaban J connectivity index is 0.00000261. The lowest BCUT2D eigenvalue weighted by molar-refractivity contribution is 0.0376. The Morgan fingerprint density at radius 2 is 1.96 bits per heavy atom. The molecule has 0 radical (unpaired) electrons. The fourth-order valence-corrected chi connectivity index (χ4v) is 3.49. The van der Waals surface area contributed by atoms with E-state index in [-0.39, 0.29) is 24.0 Å². The predicted octanol–water partition coefficient (Wildman–Crippen LogP) is 1.44. The fraction of sp³-hybridized carbons (Fsp3) is 0.833. The van der Waals surface area contributed by atoms with E-state index in [1.165, 1.54) is 25.7 Å². The van der Waals surface area contributed by atoms with Crippen molar-refractivity contribution in [1.82, 2.24) is 30.3 Å². The lowest BCUT2D eigenvalue weighted by Gasteiger charge is -2.26. The molecule has 8 nitrogen and oxygen atoms in total. The summed E-state index contributed by atoms with van der Waals surface area (Å²) in [6.07, 6.45) is 6.19. The van der Waals surface area contributed by atoms with E-state index in [1.54, 1.807) is 0 Å². The number of aromatic nitrogens is 3. The summed E-state index contributed by atoms with van der Waals surface area (Å²) in [5.41, 5.74) is 0. The third-order valence-corrected chi connectivity index (χ3v) is 5.30. The molecule has 1 saturated carbocycles. The number of ether oxygens (including phenoxy) is 1. The van der Waals surface area contributed by atoms with E-state index in [0.717, 1.165) is 63.4 Å². The molecule has 0 atom stereocenters. The van der Waals surface area contributed by atoms with E-state index in [1.807, 2.05) is 18.5 Å². The Hall–Kier alpha value is -0.940. The molecule has 1 aromatic rings. The molecule has 0 aromatic carbocycles. The molecule has 2 N–H and O–H groups in total. The van der Waals surface area contributed by atoms with Crippen LogP contribution >= 0.6 is 24.0 Å². The maximum Gasteiger partial charge on any atom is 0.191 e. The lowest BCUT2D eigenvalue weighted by Crippen LogP contribution is -2.44. The highest BCUT2D eigenvalue weighted by Crippen LogP contribution is 2.17. The Morgan fingerprint density at radius 3 is 2.63 bits per heavy atom. The van der Waals surface area contributed by atoms with Crippen LogP contribution in [0, 0.1) is 6.92 Å². The van der Waals surface area contributed by atoms with Gasteiger partial charge in [-0.2, -0.15) is 0 Å². The van der Waals surface area contributed by atoms with E-state index in [0.29, 0.717) is 12.6 Å². The first-order valence-electron chi connectivity index (χ1n) is 9.92. The molecule has 3 rings (SSSR count). The zero-order chi connectivity index (χ0) is 18.2. The minimum atomic E-state index is 0. The van der Waals surface area contributed by atoms with Gasteiger partial charge in [0.25, 0.3) is 0 Å². The number of nitrogens with zero attached hydrogens (tertiary/aromatic N) is 5. The van der Waals surface area contributed by atoms with Gasteiger partial charge in [0.15, 0.2) is 11.8 Å². The van der Waals surface area contributed by atoms with Gasteiger partial charge in [-0.15, -0.1) is 34.2 Å². The topological polar surface area (TPSA) is 79.6 Å². The summed E-state index contributed by atoms with van der Waals surface area (Å²) in [5.74, 6) is 2.71. The smallest absolute Gasteiger partial charge is 0.191 e. The fourth-order valence-electron chi connectivity index (χ4n) is 3.49. The first-order chi connectivity index (χ1) is 12.7. The number of morpholine rings is 1. The van der Waals surface area contributed by atoms with Gasteiger partial charge in [0.05, 0.1) is 13.2 Å². The number of guanidine groups is 1. The second-order valence-electron chi connectivity index (χ2n) is 7.25. The van der Waals surface area contributed by atoms with Crippen LogP contribution in [0.4, 0.5) is 0 Å². The average Bonchev–Trinajstić information content (AvgIpc) is 3.28. The molecule has 27 heavy (non-hydrogen) atoms. The third kappa shape index (κ3) is 7.19. The molecule has 154 valence electrons. The molecule has 2 heterocycles. The molecular weight excluding hydrogens is 457 g/mol. The van der Waals surface area contributed by atoms with E-state index in [9.17, 15) is 0 Å². The van der Waals surface area contributed by atoms with Crippen molar-refractivity contribution in [2.45, 2.75) is 51.6 Å². The maximum atomic E-state index is 5.40. The minimum absolute atomic E-state index is 0. The summed E-state index contributed by atoms with van der Waals surface area (Å²) in [5, 5.41) is 15.4. The zero-order valence-corrected chi connectivity index (χ0v) is 18.9. The van der Waals surface area contributed by atoms with Gasteiger partial charge in [-0.1, -0.05) is 12.8 Å². The van der Waals surface area contributed by atoms with Gasteiger partial charge in [0.2, 0.25) is 0 Å². The normalized spacial score (nSPS) is 19.1. The van der Waals surface area contributed by atoms with E-state index >= 15 is 0 Å². The van der Waals surface area contributed by atoms with Gasteiger partial charge in [-0.25, -0.2) is 4.99 Å². The first-order valence-corrected chi connectivity index (χ1v) is 9.92. The summed E-state index contributed by atoms with van der Waals surface area (Å²) in [4.78, 5) is 7.22. The van der Waals surface area contributed by atoms with Crippen LogP contribution in [0.15, 0.2) is 4.99 Å². The van der Waals surface area contributed by atoms with Crippen molar-refractivity contribution in [2.75, 3.05) is 39.4 Å². The molecule has 0 unspecified atom stereocenters. The van der Waals surface area contributed by atoms with Crippen LogP contribution in [0.3, 0.4) is 0 Å². The highest BCUT2D eigenvalue weighted by Gasteiger charge is 2.16. The van der Waals surface area contributed by atoms with Crippen molar-refractivity contribution in [3.8, 4) is 0 Å². The second kappa shape index (κ2) is 11.8. The molecule has 1 aliphatic carbocycles. The van der Waals surface area contributed by atoms with Crippen molar-refractivity contribution in [3.63, 3.8) is 0 Å². The number of nitrogens with one attached hydrogen (secondary N) is 2. The highest BCUT2D eigenvalue weighted by molar-refractivity contribution is 14.0. The van der Waals surface area contributed by atoms with Crippen LogP contribution in [-0.4, -0.2) is 71.1 Å². The van der Waals surface area contributed by atoms with Gasteiger partial charge in [0.1, 0.15) is 12.4 Å².